The SMILES string of the molecule is O=C(CN1CCC2(CC1)CC2(F)F)N1CCc2ccccc21. The zero-order valence-electron chi connectivity index (χ0n) is 12.5. The van der Waals surface area contributed by atoms with Gasteiger partial charge in [0.05, 0.1) is 6.54 Å². The van der Waals surface area contributed by atoms with Crippen molar-refractivity contribution in [1.82, 2.24) is 4.90 Å². The Morgan fingerprint density at radius 2 is 1.82 bits per heavy atom. The van der Waals surface area contributed by atoms with Gasteiger partial charge in [-0.2, -0.15) is 0 Å². The molecule has 0 unspecified atom stereocenters. The number of rotatable bonds is 2. The third-order valence-corrected chi connectivity index (χ3v) is 5.57. The highest BCUT2D eigenvalue weighted by atomic mass is 19.3. The minimum atomic E-state index is -2.46. The lowest BCUT2D eigenvalue weighted by Gasteiger charge is -2.32. The van der Waals surface area contributed by atoms with E-state index in [1.807, 2.05) is 28.0 Å². The number of para-hydroxylation sites is 1. The van der Waals surface area contributed by atoms with Gasteiger partial charge >= 0.3 is 0 Å². The number of carbonyl (C=O) groups is 1. The second-order valence-electron chi connectivity index (χ2n) is 6.86. The number of anilines is 1. The minimum absolute atomic E-state index is 0.0429. The van der Waals surface area contributed by atoms with Crippen LogP contribution in [0.4, 0.5) is 14.5 Å². The molecule has 2 aliphatic heterocycles. The molecule has 5 heteroatoms. The molecule has 0 atom stereocenters. The fourth-order valence-corrected chi connectivity index (χ4v) is 3.94. The van der Waals surface area contributed by atoms with Crippen LogP contribution >= 0.6 is 0 Å². The molecule has 1 aromatic carbocycles. The van der Waals surface area contributed by atoms with Crippen molar-refractivity contribution in [3.05, 3.63) is 29.8 Å². The summed E-state index contributed by atoms with van der Waals surface area (Å²) in [6.07, 6.45) is 1.98. The standard InChI is InChI=1S/C17H20F2N2O/c18-17(19)12-16(17)6-9-20(10-7-16)11-15(22)21-8-5-13-3-1-2-4-14(13)21/h1-4H,5-12H2. The normalized spacial score (nSPS) is 25.3. The summed E-state index contributed by atoms with van der Waals surface area (Å²) < 4.78 is 26.8. The highest BCUT2D eigenvalue weighted by Crippen LogP contribution is 2.65. The van der Waals surface area contributed by atoms with Crippen LogP contribution in [0, 0.1) is 5.41 Å². The molecule has 3 aliphatic rings. The van der Waals surface area contributed by atoms with Gasteiger partial charge in [0.15, 0.2) is 0 Å². The van der Waals surface area contributed by atoms with E-state index in [1.54, 1.807) is 0 Å². The first-order chi connectivity index (χ1) is 10.5. The summed E-state index contributed by atoms with van der Waals surface area (Å²) >= 11 is 0. The van der Waals surface area contributed by atoms with E-state index in [4.69, 9.17) is 0 Å². The molecule has 0 aromatic heterocycles. The second kappa shape index (κ2) is 4.75. The molecular weight excluding hydrogens is 286 g/mol. The van der Waals surface area contributed by atoms with Crippen LogP contribution in [0.15, 0.2) is 24.3 Å². The predicted octanol–water partition coefficient (Wildman–Crippen LogP) is 2.70. The van der Waals surface area contributed by atoms with Gasteiger partial charge in [-0.1, -0.05) is 18.2 Å². The van der Waals surface area contributed by atoms with Gasteiger partial charge in [-0.15, -0.1) is 0 Å². The summed E-state index contributed by atoms with van der Waals surface area (Å²) in [5.41, 5.74) is 1.48. The number of alkyl halides is 2. The number of halogens is 2. The Morgan fingerprint density at radius 3 is 2.50 bits per heavy atom. The Balaban J connectivity index is 1.36. The van der Waals surface area contributed by atoms with Gasteiger partial charge in [0, 0.05) is 24.1 Å². The first kappa shape index (κ1) is 14.1. The quantitative estimate of drug-likeness (QED) is 0.839. The highest BCUT2D eigenvalue weighted by molar-refractivity contribution is 5.96. The third kappa shape index (κ3) is 2.14. The van der Waals surface area contributed by atoms with E-state index >= 15 is 0 Å². The molecule has 1 saturated heterocycles. The molecule has 4 rings (SSSR count). The van der Waals surface area contributed by atoms with Crippen molar-refractivity contribution < 1.29 is 13.6 Å². The molecular formula is C17H20F2N2O. The summed E-state index contributed by atoms with van der Waals surface area (Å²) in [6, 6.07) is 7.98. The predicted molar refractivity (Wildman–Crippen MR) is 80.2 cm³/mol. The van der Waals surface area contributed by atoms with Crippen molar-refractivity contribution in [1.29, 1.82) is 0 Å². The topological polar surface area (TPSA) is 23.6 Å². The van der Waals surface area contributed by atoms with Gasteiger partial charge in [0.25, 0.3) is 5.92 Å². The Labute approximate surface area is 128 Å². The Bertz CT molecular complexity index is 608. The van der Waals surface area contributed by atoms with Crippen LogP contribution in [0.25, 0.3) is 0 Å². The average molecular weight is 306 g/mol. The largest absolute Gasteiger partial charge is 0.311 e. The Hall–Kier alpha value is -1.49. The molecule has 1 aliphatic carbocycles. The van der Waals surface area contributed by atoms with E-state index in [0.29, 0.717) is 32.5 Å². The molecule has 118 valence electrons. The van der Waals surface area contributed by atoms with Crippen LogP contribution in [0.5, 0.6) is 0 Å². The Morgan fingerprint density at radius 1 is 1.14 bits per heavy atom. The average Bonchev–Trinajstić information content (AvgIpc) is 2.86. The lowest BCUT2D eigenvalue weighted by Crippen LogP contribution is -2.44. The van der Waals surface area contributed by atoms with Gasteiger partial charge in [0.1, 0.15) is 0 Å². The van der Waals surface area contributed by atoms with Gasteiger partial charge < -0.3 is 4.90 Å². The molecule has 0 bridgehead atoms. The number of benzene rings is 1. The maximum absolute atomic E-state index is 13.4. The van der Waals surface area contributed by atoms with Crippen molar-refractivity contribution >= 4 is 11.6 Å². The van der Waals surface area contributed by atoms with Crippen LogP contribution in [0.2, 0.25) is 0 Å². The summed E-state index contributed by atoms with van der Waals surface area (Å²) in [4.78, 5) is 16.4. The molecule has 1 saturated carbocycles. The van der Waals surface area contributed by atoms with Crippen LogP contribution in [0.3, 0.4) is 0 Å². The van der Waals surface area contributed by atoms with Crippen molar-refractivity contribution in [3.63, 3.8) is 0 Å². The van der Waals surface area contributed by atoms with Gasteiger partial charge in [-0.05, 0) is 44.0 Å². The van der Waals surface area contributed by atoms with Crippen molar-refractivity contribution in [2.24, 2.45) is 5.41 Å². The minimum Gasteiger partial charge on any atom is -0.311 e. The van der Waals surface area contributed by atoms with Crippen LogP contribution in [-0.2, 0) is 11.2 Å². The second-order valence-corrected chi connectivity index (χ2v) is 6.86. The molecule has 1 aromatic rings. The first-order valence-electron chi connectivity index (χ1n) is 7.99. The molecule has 22 heavy (non-hydrogen) atoms. The maximum Gasteiger partial charge on any atom is 0.254 e. The summed E-state index contributed by atoms with van der Waals surface area (Å²) in [6.45, 7) is 2.29. The lowest BCUT2D eigenvalue weighted by atomic mass is 9.93. The van der Waals surface area contributed by atoms with Gasteiger partial charge in [-0.3, -0.25) is 9.69 Å². The number of amides is 1. The van der Waals surface area contributed by atoms with E-state index < -0.39 is 11.3 Å². The van der Waals surface area contributed by atoms with E-state index in [9.17, 15) is 13.6 Å². The maximum atomic E-state index is 13.4. The van der Waals surface area contributed by atoms with Crippen LogP contribution in [-0.4, -0.2) is 42.9 Å². The number of carbonyl (C=O) groups excluding carboxylic acids is 1. The summed E-state index contributed by atoms with van der Waals surface area (Å²) in [5.74, 6) is -2.37. The molecule has 3 nitrogen and oxygen atoms in total. The number of fused-ring (bicyclic) bond motifs is 1. The summed E-state index contributed by atoms with van der Waals surface area (Å²) in [5, 5.41) is 0. The van der Waals surface area contributed by atoms with Crippen molar-refractivity contribution in [3.8, 4) is 0 Å². The van der Waals surface area contributed by atoms with Crippen molar-refractivity contribution in [2.75, 3.05) is 31.1 Å². The lowest BCUT2D eigenvalue weighted by molar-refractivity contribution is -0.120. The van der Waals surface area contributed by atoms with E-state index in [1.165, 1.54) is 5.56 Å². The zero-order chi connectivity index (χ0) is 15.4. The monoisotopic (exact) mass is 306 g/mol. The fourth-order valence-electron chi connectivity index (χ4n) is 3.94. The Kier molecular flexibility index (Phi) is 3.05. The van der Waals surface area contributed by atoms with Crippen molar-refractivity contribution in [2.45, 2.75) is 31.6 Å². The molecule has 2 heterocycles. The van der Waals surface area contributed by atoms with Gasteiger partial charge in [-0.25, -0.2) is 8.78 Å². The van der Waals surface area contributed by atoms with Gasteiger partial charge in [0.2, 0.25) is 5.91 Å². The molecule has 1 spiro atoms. The van der Waals surface area contributed by atoms with E-state index in [0.717, 1.165) is 18.7 Å². The number of hydrogen-bond acceptors (Lipinski definition) is 2. The smallest absolute Gasteiger partial charge is 0.254 e. The number of likely N-dealkylation sites (tertiary alicyclic amines) is 1. The number of piperidine rings is 1. The third-order valence-electron chi connectivity index (χ3n) is 5.57. The molecule has 0 radical (unpaired) electrons. The highest BCUT2D eigenvalue weighted by Gasteiger charge is 2.70. The first-order valence-corrected chi connectivity index (χ1v) is 7.99. The zero-order valence-corrected chi connectivity index (χ0v) is 12.5. The molecule has 0 N–H and O–H groups in total. The van der Waals surface area contributed by atoms with Crippen LogP contribution < -0.4 is 4.90 Å². The van der Waals surface area contributed by atoms with E-state index in [2.05, 4.69) is 6.07 Å². The van der Waals surface area contributed by atoms with Crippen LogP contribution in [0.1, 0.15) is 24.8 Å². The number of hydrogen-bond donors (Lipinski definition) is 0. The van der Waals surface area contributed by atoms with E-state index in [-0.39, 0.29) is 12.3 Å². The molecule has 2 fully saturated rings. The summed E-state index contributed by atoms with van der Waals surface area (Å²) in [7, 11) is 0. The number of nitrogens with zero attached hydrogens (tertiary/aromatic N) is 2. The fraction of sp³-hybridized carbons (Fsp3) is 0.588. The molecule has 1 amide bonds.